The average molecular weight is 543 g/mol. The van der Waals surface area contributed by atoms with E-state index >= 15 is 0 Å². The zero-order valence-electron chi connectivity index (χ0n) is 21.8. The van der Waals surface area contributed by atoms with Crippen molar-refractivity contribution in [1.82, 2.24) is 19.7 Å². The lowest BCUT2D eigenvalue weighted by atomic mass is 9.87. The first-order valence-electron chi connectivity index (χ1n) is 12.4. The summed E-state index contributed by atoms with van der Waals surface area (Å²) in [5.74, 6) is 0.669. The van der Waals surface area contributed by atoms with Crippen molar-refractivity contribution in [1.29, 1.82) is 0 Å². The van der Waals surface area contributed by atoms with Crippen LogP contribution in [0.3, 0.4) is 0 Å². The highest BCUT2D eigenvalue weighted by molar-refractivity contribution is 7.71. The molecule has 10 nitrogen and oxygen atoms in total. The van der Waals surface area contributed by atoms with E-state index in [9.17, 15) is 20.1 Å². The van der Waals surface area contributed by atoms with Gasteiger partial charge in [0.05, 0.1) is 6.61 Å². The molecule has 5 atom stereocenters. The van der Waals surface area contributed by atoms with Crippen molar-refractivity contribution in [2.24, 2.45) is 0 Å². The van der Waals surface area contributed by atoms with Crippen LogP contribution >= 0.6 is 12.2 Å². The molecule has 1 amide bonds. The van der Waals surface area contributed by atoms with Crippen LogP contribution in [0.25, 0.3) is 5.69 Å². The molecule has 4 rings (SSSR count). The third kappa shape index (κ3) is 5.82. The monoisotopic (exact) mass is 542 g/mol. The second-order valence-electron chi connectivity index (χ2n) is 10.3. The first kappa shape index (κ1) is 27.9. The van der Waals surface area contributed by atoms with Crippen molar-refractivity contribution >= 4 is 18.1 Å². The molecule has 11 heteroatoms. The predicted octanol–water partition coefficient (Wildman–Crippen LogP) is 2.40. The Morgan fingerprint density at radius 1 is 1.11 bits per heavy atom. The number of aromatic nitrogens is 3. The zero-order valence-corrected chi connectivity index (χ0v) is 22.6. The Morgan fingerprint density at radius 3 is 2.34 bits per heavy atom. The van der Waals surface area contributed by atoms with Gasteiger partial charge in [-0.05, 0) is 47.5 Å². The van der Waals surface area contributed by atoms with E-state index < -0.39 is 43.1 Å². The van der Waals surface area contributed by atoms with E-state index in [2.05, 4.69) is 31.2 Å². The molecule has 2 heterocycles. The molecule has 3 aromatic rings. The summed E-state index contributed by atoms with van der Waals surface area (Å²) in [6, 6.07) is 16.1. The number of nitrogens with one attached hydrogen (secondary N) is 1. The van der Waals surface area contributed by atoms with Gasteiger partial charge in [0.15, 0.2) is 12.1 Å². The van der Waals surface area contributed by atoms with E-state index in [1.807, 2.05) is 54.6 Å². The van der Waals surface area contributed by atoms with Gasteiger partial charge >= 0.3 is 0 Å². The van der Waals surface area contributed by atoms with Crippen molar-refractivity contribution in [2.45, 2.75) is 70.3 Å². The lowest BCUT2D eigenvalue weighted by Gasteiger charge is -2.42. The minimum atomic E-state index is -1.43. The third-order valence-electron chi connectivity index (χ3n) is 6.48. The van der Waals surface area contributed by atoms with Crippen LogP contribution in [0.1, 0.15) is 45.3 Å². The topological polar surface area (TPSA) is 131 Å². The van der Waals surface area contributed by atoms with Crippen LogP contribution in [-0.2, 0) is 21.6 Å². The van der Waals surface area contributed by atoms with Crippen molar-refractivity contribution in [2.75, 3.05) is 6.61 Å². The maximum Gasteiger partial charge on any atom is 0.217 e. The predicted molar refractivity (Wildman–Crippen MR) is 142 cm³/mol. The molecule has 1 saturated heterocycles. The maximum atomic E-state index is 11.9. The van der Waals surface area contributed by atoms with Crippen LogP contribution in [-0.4, -0.2) is 66.5 Å². The first-order chi connectivity index (χ1) is 18.0. The van der Waals surface area contributed by atoms with Crippen molar-refractivity contribution < 1.29 is 29.6 Å². The number of aliphatic hydroxyl groups excluding tert-OH is 3. The van der Waals surface area contributed by atoms with Gasteiger partial charge in [-0.1, -0.05) is 51.1 Å². The fraction of sp³-hybridized carbons (Fsp3) is 0.444. The Labute approximate surface area is 226 Å². The van der Waals surface area contributed by atoms with Crippen LogP contribution < -0.4 is 10.1 Å². The molecular weight excluding hydrogens is 508 g/mol. The van der Waals surface area contributed by atoms with Crippen molar-refractivity contribution in [3.05, 3.63) is 70.8 Å². The van der Waals surface area contributed by atoms with Crippen LogP contribution in [0, 0.1) is 4.77 Å². The Morgan fingerprint density at radius 2 is 1.76 bits per heavy atom. The van der Waals surface area contributed by atoms with Crippen LogP contribution in [0.4, 0.5) is 0 Å². The summed E-state index contributed by atoms with van der Waals surface area (Å²) < 4.78 is 15.3. The van der Waals surface area contributed by atoms with Crippen LogP contribution in [0.15, 0.2) is 54.6 Å². The van der Waals surface area contributed by atoms with E-state index in [1.54, 1.807) is 4.57 Å². The number of para-hydroxylation sites is 1. The molecule has 1 aliphatic rings. The van der Waals surface area contributed by atoms with E-state index in [0.717, 1.165) is 5.69 Å². The number of carbonyl (C=O) groups excluding carboxylic acids is 1. The number of amides is 1. The second kappa shape index (κ2) is 11.3. The highest BCUT2D eigenvalue weighted by Crippen LogP contribution is 2.30. The summed E-state index contributed by atoms with van der Waals surface area (Å²) in [7, 11) is 0. The lowest BCUT2D eigenvalue weighted by molar-refractivity contribution is -0.219. The summed E-state index contributed by atoms with van der Waals surface area (Å²) >= 11 is 5.78. The van der Waals surface area contributed by atoms with E-state index in [-0.39, 0.29) is 16.8 Å². The molecule has 0 saturated carbocycles. The van der Waals surface area contributed by atoms with E-state index in [0.29, 0.717) is 11.6 Å². The molecule has 0 spiro atoms. The number of carbonyl (C=O) groups is 1. The van der Waals surface area contributed by atoms with Gasteiger partial charge < -0.3 is 30.1 Å². The molecule has 4 N–H and O–H groups in total. The van der Waals surface area contributed by atoms with Gasteiger partial charge in [-0.3, -0.25) is 9.36 Å². The smallest absolute Gasteiger partial charge is 0.217 e. The van der Waals surface area contributed by atoms with E-state index in [4.69, 9.17) is 21.7 Å². The van der Waals surface area contributed by atoms with Gasteiger partial charge in [0.25, 0.3) is 0 Å². The van der Waals surface area contributed by atoms with Crippen LogP contribution in [0.5, 0.6) is 5.75 Å². The summed E-state index contributed by atoms with van der Waals surface area (Å²) in [5, 5.41) is 38.2. The SMILES string of the molecule is CC(=O)N[C@@H]1[C@@H](O)[C@H](O)[C@@H](CO)O[C@H]1n1nc(COc2ccc(C(C)(C)C)cc2)n(-c2ccccc2)c1=S. The van der Waals surface area contributed by atoms with Gasteiger partial charge in [0, 0.05) is 12.6 Å². The summed E-state index contributed by atoms with van der Waals surface area (Å²) in [4.78, 5) is 11.9. The number of hydrogen-bond donors (Lipinski definition) is 4. The molecule has 1 aliphatic heterocycles. The summed E-state index contributed by atoms with van der Waals surface area (Å²) in [6.07, 6.45) is -5.06. The zero-order chi connectivity index (χ0) is 27.6. The Hall–Kier alpha value is -3.09. The highest BCUT2D eigenvalue weighted by atomic mass is 32.1. The van der Waals surface area contributed by atoms with Gasteiger partial charge in [-0.2, -0.15) is 5.10 Å². The fourth-order valence-corrected chi connectivity index (χ4v) is 4.77. The summed E-state index contributed by atoms with van der Waals surface area (Å²) in [5.41, 5.74) is 1.93. The molecule has 0 unspecified atom stereocenters. The van der Waals surface area contributed by atoms with Crippen molar-refractivity contribution in [3.63, 3.8) is 0 Å². The van der Waals surface area contributed by atoms with Crippen molar-refractivity contribution in [3.8, 4) is 11.4 Å². The highest BCUT2D eigenvalue weighted by Gasteiger charge is 2.46. The molecule has 204 valence electrons. The lowest BCUT2D eigenvalue weighted by Crippen LogP contribution is -2.62. The number of nitrogens with zero attached hydrogens (tertiary/aromatic N) is 3. The Bertz CT molecular complexity index is 1300. The normalized spacial score (nSPS) is 23.7. The molecule has 1 fully saturated rings. The second-order valence-corrected chi connectivity index (χ2v) is 10.7. The van der Waals surface area contributed by atoms with Gasteiger partial charge in [0.2, 0.25) is 10.7 Å². The fourth-order valence-electron chi connectivity index (χ4n) is 4.42. The molecule has 0 aliphatic carbocycles. The number of benzene rings is 2. The number of ether oxygens (including phenoxy) is 2. The molecular formula is C27H34N4O6S. The molecule has 0 radical (unpaired) electrons. The molecule has 2 aromatic carbocycles. The molecule has 0 bridgehead atoms. The quantitative estimate of drug-likeness (QED) is 0.335. The third-order valence-corrected chi connectivity index (χ3v) is 6.85. The number of hydrogen-bond acceptors (Lipinski definition) is 8. The number of rotatable bonds is 7. The Kier molecular flexibility index (Phi) is 8.34. The standard InChI is InChI=1S/C27H34N4O6S/c1-16(33)28-22-24(35)23(34)20(14-32)37-25(22)31-26(38)30(18-8-6-5-7-9-18)21(29-31)15-36-19-12-10-17(11-13-19)27(2,3)4/h5-13,20,22-25,32,34-35H,14-15H2,1-4H3,(H,28,33)/t20-,22-,23-,24-,25-/m1/s1. The van der Waals surface area contributed by atoms with Gasteiger partial charge in [0.1, 0.15) is 36.7 Å². The molecule has 38 heavy (non-hydrogen) atoms. The number of aliphatic hydroxyl groups is 3. The largest absolute Gasteiger partial charge is 0.486 e. The first-order valence-corrected chi connectivity index (χ1v) is 12.8. The van der Waals surface area contributed by atoms with E-state index in [1.165, 1.54) is 17.2 Å². The minimum absolute atomic E-state index is 0.0138. The Balaban J connectivity index is 1.72. The minimum Gasteiger partial charge on any atom is -0.486 e. The average Bonchev–Trinajstić information content (AvgIpc) is 3.21. The summed E-state index contributed by atoms with van der Waals surface area (Å²) in [6.45, 7) is 7.23. The van der Waals surface area contributed by atoms with Gasteiger partial charge in [-0.25, -0.2) is 4.68 Å². The maximum absolute atomic E-state index is 11.9. The van der Waals surface area contributed by atoms with Crippen LogP contribution in [0.2, 0.25) is 0 Å². The van der Waals surface area contributed by atoms with Gasteiger partial charge in [-0.15, -0.1) is 0 Å². The molecule has 1 aromatic heterocycles.